The summed E-state index contributed by atoms with van der Waals surface area (Å²) >= 11 is 0. The third-order valence-corrected chi connectivity index (χ3v) is 6.53. The van der Waals surface area contributed by atoms with E-state index < -0.39 is 0 Å². The molecule has 3 heteroatoms. The van der Waals surface area contributed by atoms with Crippen molar-refractivity contribution in [2.24, 2.45) is 0 Å². The van der Waals surface area contributed by atoms with Crippen molar-refractivity contribution in [3.8, 4) is 33.6 Å². The van der Waals surface area contributed by atoms with Crippen molar-refractivity contribution >= 4 is 0 Å². The predicted molar refractivity (Wildman–Crippen MR) is 161 cm³/mol. The average molecular weight is 695 g/mol. The Hall–Kier alpha value is -4.17. The van der Waals surface area contributed by atoms with Gasteiger partial charge in [0.15, 0.2) is 0 Å². The maximum absolute atomic E-state index is 4.65. The molecule has 199 valence electrons. The molecule has 1 radical (unpaired) electrons. The molecule has 0 amide bonds. The quantitative estimate of drug-likeness (QED) is 0.169. The molecule has 0 aliphatic heterocycles. The second-order valence-electron chi connectivity index (χ2n) is 9.51. The molecule has 2 heterocycles. The van der Waals surface area contributed by atoms with Crippen molar-refractivity contribution in [2.45, 2.75) is 20.3 Å². The van der Waals surface area contributed by atoms with E-state index >= 15 is 0 Å². The molecular weight excluding hydrogens is 665 g/mol. The van der Waals surface area contributed by atoms with Gasteiger partial charge in [0.25, 0.3) is 0 Å². The summed E-state index contributed by atoms with van der Waals surface area (Å²) < 4.78 is 0. The van der Waals surface area contributed by atoms with Gasteiger partial charge in [0.1, 0.15) is 0 Å². The first-order chi connectivity index (χ1) is 19.2. The SMILES string of the molecule is Cc1ccc(-c2[c-]cccc2)nc1.Cc1cnc(-c2[c-]ccc(-c3ccccc3)c2)cc1Cc1ccccc1.[Ir]. The largest absolute Gasteiger partial charge is 0.304 e. The maximum Gasteiger partial charge on any atom is 0.0192 e. The predicted octanol–water partition coefficient (Wildman–Crippen LogP) is 8.97. The first-order valence-electron chi connectivity index (χ1n) is 13.1. The van der Waals surface area contributed by atoms with Crippen LogP contribution in [-0.4, -0.2) is 9.97 Å². The summed E-state index contributed by atoms with van der Waals surface area (Å²) in [5.41, 5.74) is 11.4. The van der Waals surface area contributed by atoms with Gasteiger partial charge in [-0.3, -0.25) is 0 Å². The number of hydrogen-bond donors (Lipinski definition) is 0. The maximum atomic E-state index is 4.65. The molecule has 0 aliphatic rings. The van der Waals surface area contributed by atoms with Crippen LogP contribution in [-0.2, 0) is 26.5 Å². The molecule has 0 aliphatic carbocycles. The zero-order valence-electron chi connectivity index (χ0n) is 22.6. The van der Waals surface area contributed by atoms with Gasteiger partial charge in [-0.2, -0.15) is 0 Å². The van der Waals surface area contributed by atoms with E-state index in [0.29, 0.717) is 0 Å². The minimum absolute atomic E-state index is 0. The number of hydrogen-bond acceptors (Lipinski definition) is 2. The fraction of sp³-hybridized carbons (Fsp3) is 0.0811. The van der Waals surface area contributed by atoms with Gasteiger partial charge in [0.05, 0.1) is 0 Å². The fourth-order valence-electron chi connectivity index (χ4n) is 4.32. The molecule has 6 rings (SSSR count). The van der Waals surface area contributed by atoms with Crippen molar-refractivity contribution in [1.82, 2.24) is 9.97 Å². The smallest absolute Gasteiger partial charge is 0.0192 e. The third-order valence-electron chi connectivity index (χ3n) is 6.53. The van der Waals surface area contributed by atoms with E-state index in [9.17, 15) is 0 Å². The molecule has 0 saturated heterocycles. The summed E-state index contributed by atoms with van der Waals surface area (Å²) in [6.07, 6.45) is 4.76. The van der Waals surface area contributed by atoms with Crippen molar-refractivity contribution in [3.63, 3.8) is 0 Å². The van der Waals surface area contributed by atoms with Crippen LogP contribution in [0.5, 0.6) is 0 Å². The number of pyridine rings is 2. The monoisotopic (exact) mass is 695 g/mol. The zero-order valence-corrected chi connectivity index (χ0v) is 25.0. The minimum Gasteiger partial charge on any atom is -0.304 e. The van der Waals surface area contributed by atoms with E-state index in [2.05, 4.69) is 108 Å². The second kappa shape index (κ2) is 14.3. The van der Waals surface area contributed by atoms with Gasteiger partial charge < -0.3 is 9.97 Å². The van der Waals surface area contributed by atoms with Gasteiger partial charge in [0.2, 0.25) is 0 Å². The Balaban J connectivity index is 0.000000223. The molecule has 0 saturated carbocycles. The van der Waals surface area contributed by atoms with E-state index in [1.807, 2.05) is 61.8 Å². The Morgan fingerprint density at radius 1 is 0.575 bits per heavy atom. The van der Waals surface area contributed by atoms with E-state index in [4.69, 9.17) is 0 Å². The van der Waals surface area contributed by atoms with Crippen LogP contribution in [0.25, 0.3) is 33.6 Å². The molecule has 2 aromatic heterocycles. The van der Waals surface area contributed by atoms with Gasteiger partial charge in [-0.15, -0.1) is 71.3 Å². The number of aryl methyl sites for hydroxylation is 2. The topological polar surface area (TPSA) is 25.8 Å². The van der Waals surface area contributed by atoms with Gasteiger partial charge in [0, 0.05) is 32.5 Å². The molecule has 6 aromatic rings. The van der Waals surface area contributed by atoms with Crippen LogP contribution in [0.3, 0.4) is 0 Å². The van der Waals surface area contributed by atoms with Gasteiger partial charge in [-0.1, -0.05) is 78.9 Å². The van der Waals surface area contributed by atoms with E-state index in [0.717, 1.165) is 28.9 Å². The van der Waals surface area contributed by atoms with Crippen LogP contribution in [0.2, 0.25) is 0 Å². The van der Waals surface area contributed by atoms with Crippen LogP contribution >= 0.6 is 0 Å². The third kappa shape index (κ3) is 7.70. The molecule has 0 unspecified atom stereocenters. The standard InChI is InChI=1S/C25H20N.C12H10N.Ir/c1-19-18-26-25(17-24(19)15-20-9-4-2-5-10-20)23-14-8-13-22(16-23)21-11-6-3-7-12-21;1-10-7-8-12(13-9-10)11-5-3-2-4-6-11;/h2-13,16-18H,15H2,1H3;2-5,7-9H,1H3;/q2*-1;. The summed E-state index contributed by atoms with van der Waals surface area (Å²) in [5, 5.41) is 0. The molecule has 0 spiro atoms. The molecule has 0 bridgehead atoms. The molecule has 2 nitrogen and oxygen atoms in total. The summed E-state index contributed by atoms with van der Waals surface area (Å²) in [5.74, 6) is 0. The Labute approximate surface area is 251 Å². The first-order valence-corrected chi connectivity index (χ1v) is 13.1. The molecule has 4 aromatic carbocycles. The van der Waals surface area contributed by atoms with Crippen LogP contribution in [0.15, 0.2) is 134 Å². The van der Waals surface area contributed by atoms with Crippen LogP contribution in [0.4, 0.5) is 0 Å². The number of aromatic nitrogens is 2. The van der Waals surface area contributed by atoms with Gasteiger partial charge in [-0.05, 0) is 59.5 Å². The Morgan fingerprint density at radius 2 is 1.27 bits per heavy atom. The van der Waals surface area contributed by atoms with Crippen molar-refractivity contribution in [2.75, 3.05) is 0 Å². The summed E-state index contributed by atoms with van der Waals surface area (Å²) in [6.45, 7) is 4.16. The number of nitrogens with zero attached hydrogens (tertiary/aromatic N) is 2. The first kappa shape index (κ1) is 28.8. The van der Waals surface area contributed by atoms with Crippen LogP contribution in [0, 0.1) is 26.0 Å². The molecule has 0 fully saturated rings. The van der Waals surface area contributed by atoms with E-state index in [-0.39, 0.29) is 20.1 Å². The fourth-order valence-corrected chi connectivity index (χ4v) is 4.32. The van der Waals surface area contributed by atoms with E-state index in [1.165, 1.54) is 33.4 Å². The van der Waals surface area contributed by atoms with Crippen LogP contribution in [0.1, 0.15) is 22.3 Å². The van der Waals surface area contributed by atoms with E-state index in [1.54, 1.807) is 0 Å². The Bertz CT molecular complexity index is 1610. The number of benzene rings is 4. The second-order valence-corrected chi connectivity index (χ2v) is 9.51. The molecule has 40 heavy (non-hydrogen) atoms. The summed E-state index contributed by atoms with van der Waals surface area (Å²) in [6, 6.07) is 47.8. The van der Waals surface area contributed by atoms with Crippen LogP contribution < -0.4 is 0 Å². The average Bonchev–Trinajstić information content (AvgIpc) is 3.00. The zero-order chi connectivity index (χ0) is 26.9. The molecule has 0 atom stereocenters. The summed E-state index contributed by atoms with van der Waals surface area (Å²) in [7, 11) is 0. The number of rotatable bonds is 5. The molecule has 0 N–H and O–H groups in total. The van der Waals surface area contributed by atoms with Crippen molar-refractivity contribution in [1.29, 1.82) is 0 Å². The summed E-state index contributed by atoms with van der Waals surface area (Å²) in [4.78, 5) is 8.97. The molecular formula is C37H30IrN2-2. The normalized spacial score (nSPS) is 10.2. The Kier molecular flexibility index (Phi) is 10.3. The van der Waals surface area contributed by atoms with Gasteiger partial charge in [-0.25, -0.2) is 0 Å². The Morgan fingerprint density at radius 3 is 1.98 bits per heavy atom. The minimum atomic E-state index is 0. The van der Waals surface area contributed by atoms with Crippen molar-refractivity contribution in [3.05, 3.63) is 168 Å². The van der Waals surface area contributed by atoms with Crippen molar-refractivity contribution < 1.29 is 20.1 Å². The van der Waals surface area contributed by atoms with Gasteiger partial charge >= 0.3 is 0 Å².